The molecule has 1 aromatic rings. The highest BCUT2D eigenvalue weighted by Gasteiger charge is 2.24. The van der Waals surface area contributed by atoms with Crippen LogP contribution in [0.3, 0.4) is 0 Å². The molecule has 0 aliphatic heterocycles. The number of nitrogens with two attached hydrogens (primary N) is 1. The lowest BCUT2D eigenvalue weighted by Crippen LogP contribution is -2.37. The first-order chi connectivity index (χ1) is 7.33. The summed E-state index contributed by atoms with van der Waals surface area (Å²) in [5.41, 5.74) is 4.62. The van der Waals surface area contributed by atoms with E-state index in [1.165, 1.54) is 0 Å². The second-order valence-corrected chi connectivity index (χ2v) is 5.41. The van der Waals surface area contributed by atoms with Crippen LogP contribution in [-0.2, 0) is 4.79 Å². The Kier molecular flexibility index (Phi) is 4.15. The van der Waals surface area contributed by atoms with Gasteiger partial charge in [-0.05, 0) is 35.8 Å². The highest BCUT2D eigenvalue weighted by molar-refractivity contribution is 9.10. The van der Waals surface area contributed by atoms with Gasteiger partial charge in [-0.1, -0.05) is 11.6 Å². The fourth-order valence-electron chi connectivity index (χ4n) is 0.936. The lowest BCUT2D eigenvalue weighted by molar-refractivity contribution is -0.125. The van der Waals surface area contributed by atoms with Crippen molar-refractivity contribution in [2.24, 2.45) is 11.1 Å². The SMILES string of the molecule is CC(C)(CNc1ncc(Br)cc1Cl)C(N)=O. The van der Waals surface area contributed by atoms with Crippen LogP contribution in [-0.4, -0.2) is 17.4 Å². The molecule has 0 spiro atoms. The fraction of sp³-hybridized carbons (Fsp3) is 0.400. The smallest absolute Gasteiger partial charge is 0.224 e. The highest BCUT2D eigenvalue weighted by Crippen LogP contribution is 2.24. The molecule has 1 aromatic heterocycles. The predicted molar refractivity (Wildman–Crippen MR) is 68.4 cm³/mol. The summed E-state index contributed by atoms with van der Waals surface area (Å²) in [6.45, 7) is 3.90. The molecule has 1 rings (SSSR count). The Morgan fingerprint density at radius 3 is 2.81 bits per heavy atom. The Balaban J connectivity index is 2.72. The Bertz CT molecular complexity index is 409. The molecule has 0 unspecified atom stereocenters. The van der Waals surface area contributed by atoms with Crippen molar-refractivity contribution >= 4 is 39.3 Å². The maximum absolute atomic E-state index is 11.1. The first kappa shape index (κ1) is 13.3. The van der Waals surface area contributed by atoms with Crippen molar-refractivity contribution in [2.75, 3.05) is 11.9 Å². The van der Waals surface area contributed by atoms with E-state index < -0.39 is 5.41 Å². The Morgan fingerprint density at radius 2 is 2.31 bits per heavy atom. The zero-order valence-electron chi connectivity index (χ0n) is 9.05. The molecule has 0 fully saturated rings. The van der Waals surface area contributed by atoms with Crippen LogP contribution in [0.25, 0.3) is 0 Å². The van der Waals surface area contributed by atoms with Gasteiger partial charge in [0.15, 0.2) is 0 Å². The molecule has 1 amide bonds. The minimum Gasteiger partial charge on any atom is -0.369 e. The zero-order chi connectivity index (χ0) is 12.3. The molecular formula is C10H13BrClN3O. The third-order valence-corrected chi connectivity index (χ3v) is 2.89. The van der Waals surface area contributed by atoms with Crippen LogP contribution in [0.1, 0.15) is 13.8 Å². The molecule has 0 aromatic carbocycles. The van der Waals surface area contributed by atoms with Gasteiger partial charge in [-0.25, -0.2) is 4.98 Å². The van der Waals surface area contributed by atoms with E-state index in [4.69, 9.17) is 17.3 Å². The van der Waals surface area contributed by atoms with Crippen molar-refractivity contribution in [3.8, 4) is 0 Å². The van der Waals surface area contributed by atoms with Gasteiger partial charge in [-0.2, -0.15) is 0 Å². The number of halogens is 2. The van der Waals surface area contributed by atoms with Gasteiger partial charge in [0.2, 0.25) is 5.91 Å². The van der Waals surface area contributed by atoms with E-state index in [9.17, 15) is 4.79 Å². The van der Waals surface area contributed by atoms with E-state index in [1.807, 2.05) is 0 Å². The Hall–Kier alpha value is -0.810. The van der Waals surface area contributed by atoms with Gasteiger partial charge in [0.05, 0.1) is 10.4 Å². The van der Waals surface area contributed by atoms with Crippen molar-refractivity contribution in [3.05, 3.63) is 21.8 Å². The van der Waals surface area contributed by atoms with Crippen molar-refractivity contribution in [2.45, 2.75) is 13.8 Å². The molecule has 0 saturated heterocycles. The number of carbonyl (C=O) groups is 1. The van der Waals surface area contributed by atoms with E-state index in [1.54, 1.807) is 26.1 Å². The van der Waals surface area contributed by atoms with E-state index in [0.717, 1.165) is 4.47 Å². The third-order valence-electron chi connectivity index (χ3n) is 2.17. The summed E-state index contributed by atoms with van der Waals surface area (Å²) in [6.07, 6.45) is 1.63. The topological polar surface area (TPSA) is 68.0 Å². The maximum atomic E-state index is 11.1. The van der Waals surface area contributed by atoms with Crippen molar-refractivity contribution < 1.29 is 4.79 Å². The molecule has 0 aliphatic carbocycles. The van der Waals surface area contributed by atoms with Crippen molar-refractivity contribution in [3.63, 3.8) is 0 Å². The highest BCUT2D eigenvalue weighted by atomic mass is 79.9. The van der Waals surface area contributed by atoms with Crippen molar-refractivity contribution in [1.29, 1.82) is 0 Å². The molecule has 0 radical (unpaired) electrons. The van der Waals surface area contributed by atoms with Crippen LogP contribution in [0.4, 0.5) is 5.82 Å². The molecule has 0 saturated carbocycles. The van der Waals surface area contributed by atoms with E-state index in [0.29, 0.717) is 17.4 Å². The summed E-state index contributed by atoms with van der Waals surface area (Å²) in [7, 11) is 0. The van der Waals surface area contributed by atoms with Gasteiger partial charge in [0.1, 0.15) is 5.82 Å². The lowest BCUT2D eigenvalue weighted by atomic mass is 9.93. The average Bonchev–Trinajstić information content (AvgIpc) is 2.16. The molecule has 4 nitrogen and oxygen atoms in total. The van der Waals surface area contributed by atoms with Gasteiger partial charge < -0.3 is 11.1 Å². The normalized spacial score (nSPS) is 11.2. The number of amides is 1. The van der Waals surface area contributed by atoms with E-state index in [-0.39, 0.29) is 5.91 Å². The van der Waals surface area contributed by atoms with Crippen LogP contribution in [0.5, 0.6) is 0 Å². The summed E-state index contributed by atoms with van der Waals surface area (Å²) in [4.78, 5) is 15.2. The fourth-order valence-corrected chi connectivity index (χ4v) is 1.63. The number of aromatic nitrogens is 1. The van der Waals surface area contributed by atoms with Crippen LogP contribution in [0, 0.1) is 5.41 Å². The number of rotatable bonds is 4. The van der Waals surface area contributed by atoms with Crippen LogP contribution < -0.4 is 11.1 Å². The van der Waals surface area contributed by atoms with Gasteiger partial charge >= 0.3 is 0 Å². The molecule has 6 heteroatoms. The Labute approximate surface area is 108 Å². The van der Waals surface area contributed by atoms with Gasteiger partial charge in [0, 0.05) is 17.2 Å². The molecular weight excluding hydrogens is 293 g/mol. The van der Waals surface area contributed by atoms with Gasteiger partial charge in [-0.15, -0.1) is 0 Å². The maximum Gasteiger partial charge on any atom is 0.224 e. The molecule has 0 atom stereocenters. The van der Waals surface area contributed by atoms with Crippen LogP contribution in [0.2, 0.25) is 5.02 Å². The number of nitrogens with one attached hydrogen (secondary N) is 1. The zero-order valence-corrected chi connectivity index (χ0v) is 11.4. The molecule has 16 heavy (non-hydrogen) atoms. The predicted octanol–water partition coefficient (Wildman–Crippen LogP) is 2.42. The van der Waals surface area contributed by atoms with Crippen molar-refractivity contribution in [1.82, 2.24) is 4.98 Å². The largest absolute Gasteiger partial charge is 0.369 e. The minimum atomic E-state index is -0.641. The number of primary amides is 1. The summed E-state index contributed by atoms with van der Waals surface area (Å²) in [6, 6.07) is 1.73. The quantitative estimate of drug-likeness (QED) is 0.897. The van der Waals surface area contributed by atoms with Gasteiger partial charge in [0.25, 0.3) is 0 Å². The molecule has 88 valence electrons. The standard InChI is InChI=1S/C10H13BrClN3O/c1-10(2,9(13)16)5-15-8-7(12)3-6(11)4-14-8/h3-4H,5H2,1-2H3,(H2,13,16)(H,14,15). The van der Waals surface area contributed by atoms with E-state index in [2.05, 4.69) is 26.2 Å². The molecule has 1 heterocycles. The van der Waals surface area contributed by atoms with Crippen LogP contribution >= 0.6 is 27.5 Å². The number of hydrogen-bond acceptors (Lipinski definition) is 3. The monoisotopic (exact) mass is 305 g/mol. The summed E-state index contributed by atoms with van der Waals surface area (Å²) < 4.78 is 0.803. The molecule has 0 bridgehead atoms. The number of hydrogen-bond donors (Lipinski definition) is 2. The molecule has 3 N–H and O–H groups in total. The second kappa shape index (κ2) is 5.01. The summed E-state index contributed by atoms with van der Waals surface area (Å²) >= 11 is 9.23. The number of nitrogens with zero attached hydrogens (tertiary/aromatic N) is 1. The Morgan fingerprint density at radius 1 is 1.69 bits per heavy atom. The first-order valence-corrected chi connectivity index (χ1v) is 5.85. The summed E-state index contributed by atoms with van der Waals surface area (Å²) in [5.74, 6) is 0.174. The number of pyridine rings is 1. The first-order valence-electron chi connectivity index (χ1n) is 4.68. The molecule has 0 aliphatic rings. The number of anilines is 1. The van der Waals surface area contributed by atoms with Gasteiger partial charge in [-0.3, -0.25) is 4.79 Å². The summed E-state index contributed by atoms with van der Waals surface area (Å²) in [5, 5.41) is 3.49. The average molecular weight is 307 g/mol. The number of carbonyl (C=O) groups excluding carboxylic acids is 1. The second-order valence-electron chi connectivity index (χ2n) is 4.09. The lowest BCUT2D eigenvalue weighted by Gasteiger charge is -2.21. The van der Waals surface area contributed by atoms with E-state index >= 15 is 0 Å². The minimum absolute atomic E-state index is 0.367. The third kappa shape index (κ3) is 3.35. The van der Waals surface area contributed by atoms with Crippen LogP contribution in [0.15, 0.2) is 16.7 Å².